The normalized spacial score (nSPS) is 18.0. The fourth-order valence-electron chi connectivity index (χ4n) is 1.67. The lowest BCUT2D eigenvalue weighted by Crippen LogP contribution is -2.07. The van der Waals surface area contributed by atoms with Crippen LogP contribution in [0.5, 0.6) is 0 Å². The van der Waals surface area contributed by atoms with Crippen LogP contribution in [-0.4, -0.2) is 18.1 Å². The molecule has 80 valence electrons. The van der Waals surface area contributed by atoms with Gasteiger partial charge in [-0.05, 0) is 37.8 Å². The van der Waals surface area contributed by atoms with Crippen LogP contribution in [0.25, 0.3) is 0 Å². The van der Waals surface area contributed by atoms with Crippen LogP contribution in [0.15, 0.2) is 28.0 Å². The number of aldehydes is 1. The molecule has 1 aromatic rings. The van der Waals surface area contributed by atoms with Gasteiger partial charge in [0.05, 0.1) is 6.26 Å². The zero-order valence-electron chi connectivity index (χ0n) is 8.39. The Morgan fingerprint density at radius 1 is 1.53 bits per heavy atom. The summed E-state index contributed by atoms with van der Waals surface area (Å²) in [5.74, 6) is 0.447. The molecular weight excluding hydrogens is 194 g/mol. The molecule has 2 rings (SSSR count). The predicted octanol–water partition coefficient (Wildman–Crippen LogP) is 2.14. The van der Waals surface area contributed by atoms with E-state index in [0.717, 1.165) is 12.8 Å². The van der Waals surface area contributed by atoms with Crippen LogP contribution in [0.1, 0.15) is 31.4 Å². The molecule has 1 aliphatic carbocycles. The second-order valence-corrected chi connectivity index (χ2v) is 3.58. The van der Waals surface area contributed by atoms with Gasteiger partial charge in [-0.3, -0.25) is 4.79 Å². The van der Waals surface area contributed by atoms with Crippen molar-refractivity contribution in [2.75, 3.05) is 0 Å². The summed E-state index contributed by atoms with van der Waals surface area (Å²) in [7, 11) is 0. The maximum atomic E-state index is 10.7. The summed E-state index contributed by atoms with van der Waals surface area (Å²) in [6.07, 6.45) is 6.71. The largest absolute Gasteiger partial charge is 0.462 e. The Kier molecular flexibility index (Phi) is 3.17. The summed E-state index contributed by atoms with van der Waals surface area (Å²) >= 11 is 0. The van der Waals surface area contributed by atoms with E-state index in [4.69, 9.17) is 9.25 Å². The van der Waals surface area contributed by atoms with E-state index in [2.05, 4.69) is 5.16 Å². The average molecular weight is 207 g/mol. The molecule has 4 heteroatoms. The fourth-order valence-corrected chi connectivity index (χ4v) is 1.67. The van der Waals surface area contributed by atoms with Crippen molar-refractivity contribution in [1.29, 1.82) is 0 Å². The lowest BCUT2D eigenvalue weighted by molar-refractivity contribution is -0.102. The molecule has 0 N–H and O–H groups in total. The van der Waals surface area contributed by atoms with Crippen LogP contribution in [0.2, 0.25) is 0 Å². The van der Waals surface area contributed by atoms with Crippen molar-refractivity contribution in [3.8, 4) is 0 Å². The monoisotopic (exact) mass is 207 g/mol. The van der Waals surface area contributed by atoms with E-state index >= 15 is 0 Å². The van der Waals surface area contributed by atoms with Gasteiger partial charge in [0, 0.05) is 0 Å². The number of carbonyl (C=O) groups excluding carboxylic acids is 1. The van der Waals surface area contributed by atoms with Crippen molar-refractivity contribution in [3.63, 3.8) is 0 Å². The number of rotatable bonds is 4. The minimum atomic E-state index is 0.162. The molecular formula is C11H13NO3. The minimum Gasteiger partial charge on any atom is -0.462 e. The topological polar surface area (TPSA) is 51.8 Å². The van der Waals surface area contributed by atoms with E-state index in [9.17, 15) is 4.79 Å². The number of hydrogen-bond donors (Lipinski definition) is 0. The van der Waals surface area contributed by atoms with Gasteiger partial charge in [0.15, 0.2) is 17.8 Å². The molecule has 1 saturated carbocycles. The van der Waals surface area contributed by atoms with E-state index in [1.54, 1.807) is 12.1 Å². The Bertz CT molecular complexity index is 337. The molecule has 1 aliphatic rings. The first-order chi connectivity index (χ1) is 7.40. The van der Waals surface area contributed by atoms with Gasteiger partial charge in [-0.25, -0.2) is 0 Å². The number of hydrogen-bond acceptors (Lipinski definition) is 4. The van der Waals surface area contributed by atoms with Crippen LogP contribution in [0.4, 0.5) is 0 Å². The lowest BCUT2D eigenvalue weighted by Gasteiger charge is -2.06. The molecule has 0 bridgehead atoms. The smallest absolute Gasteiger partial charge is 0.184 e. The molecule has 0 amide bonds. The van der Waals surface area contributed by atoms with Gasteiger partial charge in [-0.1, -0.05) is 5.16 Å². The lowest BCUT2D eigenvalue weighted by atomic mass is 10.3. The number of carbonyl (C=O) groups is 1. The van der Waals surface area contributed by atoms with Crippen molar-refractivity contribution in [2.45, 2.75) is 31.8 Å². The third kappa shape index (κ3) is 2.46. The summed E-state index contributed by atoms with van der Waals surface area (Å²) < 4.78 is 5.06. The molecule has 4 nitrogen and oxygen atoms in total. The molecule has 0 aromatic carbocycles. The highest BCUT2D eigenvalue weighted by molar-refractivity contribution is 6.35. The third-order valence-corrected chi connectivity index (χ3v) is 2.49. The Hall–Kier alpha value is -1.58. The van der Waals surface area contributed by atoms with Crippen LogP contribution < -0.4 is 0 Å². The second kappa shape index (κ2) is 4.77. The Balaban J connectivity index is 1.99. The van der Waals surface area contributed by atoms with E-state index in [0.29, 0.717) is 12.0 Å². The maximum absolute atomic E-state index is 10.7. The van der Waals surface area contributed by atoms with Crippen molar-refractivity contribution in [2.24, 2.45) is 5.16 Å². The average Bonchev–Trinajstić information content (AvgIpc) is 2.90. The zero-order valence-corrected chi connectivity index (χ0v) is 8.39. The van der Waals surface area contributed by atoms with E-state index in [-0.39, 0.29) is 11.8 Å². The number of oxime groups is 1. The maximum Gasteiger partial charge on any atom is 0.184 e. The van der Waals surface area contributed by atoms with E-state index in [1.807, 2.05) is 0 Å². The zero-order chi connectivity index (χ0) is 10.5. The molecule has 1 fully saturated rings. The van der Waals surface area contributed by atoms with Gasteiger partial charge in [0.1, 0.15) is 6.10 Å². The van der Waals surface area contributed by atoms with Gasteiger partial charge in [0.2, 0.25) is 0 Å². The predicted molar refractivity (Wildman–Crippen MR) is 54.7 cm³/mol. The van der Waals surface area contributed by atoms with Gasteiger partial charge >= 0.3 is 0 Å². The fraction of sp³-hybridized carbons (Fsp3) is 0.455. The first kappa shape index (κ1) is 9.96. The Morgan fingerprint density at radius 2 is 2.33 bits per heavy atom. The summed E-state index contributed by atoms with van der Waals surface area (Å²) in [5, 5.41) is 3.82. The molecule has 0 radical (unpaired) electrons. The van der Waals surface area contributed by atoms with Crippen LogP contribution in [0, 0.1) is 0 Å². The minimum absolute atomic E-state index is 0.162. The van der Waals surface area contributed by atoms with Crippen LogP contribution >= 0.6 is 0 Å². The summed E-state index contributed by atoms with van der Waals surface area (Å²) in [6.45, 7) is 0. The summed E-state index contributed by atoms with van der Waals surface area (Å²) in [4.78, 5) is 16.0. The summed E-state index contributed by atoms with van der Waals surface area (Å²) in [6, 6.07) is 3.40. The summed E-state index contributed by atoms with van der Waals surface area (Å²) in [5.41, 5.74) is 0.215. The SMILES string of the molecule is O=CC(=NOC1CCCC1)c1ccco1. The first-order valence-corrected chi connectivity index (χ1v) is 5.13. The van der Waals surface area contributed by atoms with Crippen molar-refractivity contribution in [3.05, 3.63) is 24.2 Å². The van der Waals surface area contributed by atoms with E-state index in [1.165, 1.54) is 19.1 Å². The molecule has 0 spiro atoms. The van der Waals surface area contributed by atoms with Crippen LogP contribution in [0.3, 0.4) is 0 Å². The molecule has 1 aromatic heterocycles. The standard InChI is InChI=1S/C11H13NO3/c13-8-10(11-6-3-7-14-11)12-15-9-4-1-2-5-9/h3,6-9H,1-2,4-5H2. The highest BCUT2D eigenvalue weighted by Gasteiger charge is 2.16. The molecule has 0 aliphatic heterocycles. The number of nitrogens with zero attached hydrogens (tertiary/aromatic N) is 1. The molecule has 1 heterocycles. The third-order valence-electron chi connectivity index (χ3n) is 2.49. The van der Waals surface area contributed by atoms with Gasteiger partial charge in [0.25, 0.3) is 0 Å². The Morgan fingerprint density at radius 3 is 2.93 bits per heavy atom. The van der Waals surface area contributed by atoms with Gasteiger partial charge in [-0.15, -0.1) is 0 Å². The van der Waals surface area contributed by atoms with Crippen molar-refractivity contribution < 1.29 is 14.0 Å². The van der Waals surface area contributed by atoms with E-state index < -0.39 is 0 Å². The first-order valence-electron chi connectivity index (χ1n) is 5.13. The van der Waals surface area contributed by atoms with Crippen molar-refractivity contribution >= 4 is 12.0 Å². The molecule has 0 unspecified atom stereocenters. The highest BCUT2D eigenvalue weighted by Crippen LogP contribution is 2.21. The van der Waals surface area contributed by atoms with Gasteiger partial charge < -0.3 is 9.25 Å². The van der Waals surface area contributed by atoms with Crippen molar-refractivity contribution in [1.82, 2.24) is 0 Å². The Labute approximate surface area is 87.9 Å². The van der Waals surface area contributed by atoms with Gasteiger partial charge in [-0.2, -0.15) is 0 Å². The highest BCUT2D eigenvalue weighted by atomic mass is 16.6. The quantitative estimate of drug-likeness (QED) is 0.432. The number of furan rings is 1. The molecule has 15 heavy (non-hydrogen) atoms. The molecule has 0 saturated heterocycles. The van der Waals surface area contributed by atoms with Crippen LogP contribution in [-0.2, 0) is 9.63 Å². The second-order valence-electron chi connectivity index (χ2n) is 3.58. The molecule has 0 atom stereocenters.